The molecular formula is C14H14BrNO2S. The lowest BCUT2D eigenvalue weighted by molar-refractivity contribution is -0.136. The summed E-state index contributed by atoms with van der Waals surface area (Å²) in [5, 5.41) is 12.1. The predicted molar refractivity (Wildman–Crippen MR) is 81.9 cm³/mol. The van der Waals surface area contributed by atoms with Gasteiger partial charge in [-0.25, -0.2) is 0 Å². The quantitative estimate of drug-likeness (QED) is 0.863. The van der Waals surface area contributed by atoms with Gasteiger partial charge in [0.15, 0.2) is 0 Å². The van der Waals surface area contributed by atoms with Crippen LogP contribution in [0.4, 0.5) is 5.69 Å². The van der Waals surface area contributed by atoms with Gasteiger partial charge in [0.25, 0.3) is 0 Å². The zero-order chi connectivity index (χ0) is 13.8. The minimum atomic E-state index is -0.788. The number of hydrogen-bond donors (Lipinski definition) is 2. The Morgan fingerprint density at radius 3 is 2.74 bits per heavy atom. The van der Waals surface area contributed by atoms with Crippen LogP contribution in [-0.2, 0) is 17.8 Å². The van der Waals surface area contributed by atoms with Gasteiger partial charge in [-0.2, -0.15) is 0 Å². The smallest absolute Gasteiger partial charge is 0.308 e. The van der Waals surface area contributed by atoms with Crippen molar-refractivity contribution >= 4 is 38.9 Å². The summed E-state index contributed by atoms with van der Waals surface area (Å²) in [5.74, 6) is -0.788. The van der Waals surface area contributed by atoms with E-state index in [9.17, 15) is 4.79 Å². The number of thiophene rings is 1. The number of halogens is 1. The first-order chi connectivity index (χ1) is 9.04. The third kappa shape index (κ3) is 4.08. The van der Waals surface area contributed by atoms with Crippen LogP contribution in [-0.4, -0.2) is 11.1 Å². The number of rotatable bonds is 5. The molecule has 0 saturated carbocycles. The summed E-state index contributed by atoms with van der Waals surface area (Å²) in [4.78, 5) is 12.6. The van der Waals surface area contributed by atoms with Crippen molar-refractivity contribution in [1.29, 1.82) is 0 Å². The molecule has 0 aliphatic heterocycles. The monoisotopic (exact) mass is 339 g/mol. The molecule has 1 aromatic carbocycles. The van der Waals surface area contributed by atoms with Crippen molar-refractivity contribution in [3.05, 3.63) is 50.1 Å². The Kier molecular flexibility index (Phi) is 4.61. The first kappa shape index (κ1) is 14.1. The highest BCUT2D eigenvalue weighted by molar-refractivity contribution is 9.10. The highest BCUT2D eigenvalue weighted by Crippen LogP contribution is 2.22. The van der Waals surface area contributed by atoms with Crippen LogP contribution in [0.25, 0.3) is 0 Å². The van der Waals surface area contributed by atoms with Gasteiger partial charge in [-0.15, -0.1) is 11.3 Å². The van der Waals surface area contributed by atoms with E-state index in [4.69, 9.17) is 5.11 Å². The lowest BCUT2D eigenvalue weighted by Gasteiger charge is -2.06. The van der Waals surface area contributed by atoms with Gasteiger partial charge in [0.05, 0.1) is 6.42 Å². The number of carboxylic acids is 1. The minimum absolute atomic E-state index is 0.0980. The second-order valence-corrected chi connectivity index (χ2v) is 6.36. The lowest BCUT2D eigenvalue weighted by atomic mass is 10.2. The average molecular weight is 340 g/mol. The number of nitrogens with one attached hydrogen (secondary N) is 1. The highest BCUT2D eigenvalue weighted by Gasteiger charge is 2.05. The molecule has 100 valence electrons. The van der Waals surface area contributed by atoms with E-state index in [1.807, 2.05) is 31.2 Å². The molecule has 0 amide bonds. The van der Waals surface area contributed by atoms with Crippen LogP contribution >= 0.6 is 27.3 Å². The molecule has 1 heterocycles. The number of anilines is 1. The molecule has 0 fully saturated rings. The summed E-state index contributed by atoms with van der Waals surface area (Å²) in [7, 11) is 0. The Morgan fingerprint density at radius 1 is 1.32 bits per heavy atom. The van der Waals surface area contributed by atoms with Gasteiger partial charge in [-0.1, -0.05) is 22.0 Å². The van der Waals surface area contributed by atoms with Gasteiger partial charge in [0.1, 0.15) is 0 Å². The van der Waals surface area contributed by atoms with Crippen molar-refractivity contribution in [3.63, 3.8) is 0 Å². The molecule has 2 rings (SSSR count). The average Bonchev–Trinajstić information content (AvgIpc) is 2.77. The van der Waals surface area contributed by atoms with E-state index in [1.54, 1.807) is 0 Å². The molecular weight excluding hydrogens is 326 g/mol. The summed E-state index contributed by atoms with van der Waals surface area (Å²) in [5.41, 5.74) is 2.25. The number of aliphatic carboxylic acids is 1. The molecule has 0 bridgehead atoms. The second-order valence-electron chi connectivity index (χ2n) is 4.26. The van der Waals surface area contributed by atoms with E-state index < -0.39 is 5.97 Å². The maximum Gasteiger partial charge on any atom is 0.308 e. The van der Waals surface area contributed by atoms with Crippen LogP contribution in [0.15, 0.2) is 34.8 Å². The van der Waals surface area contributed by atoms with Crippen LogP contribution in [0.3, 0.4) is 0 Å². The fraction of sp³-hybridized carbons (Fsp3) is 0.214. The van der Waals surface area contributed by atoms with Gasteiger partial charge in [0, 0.05) is 26.5 Å². The van der Waals surface area contributed by atoms with Crippen LogP contribution in [0.5, 0.6) is 0 Å². The van der Waals surface area contributed by atoms with E-state index in [1.165, 1.54) is 16.9 Å². The number of aryl methyl sites for hydroxylation is 1. The fourth-order valence-electron chi connectivity index (χ4n) is 1.65. The molecule has 2 N–H and O–H groups in total. The predicted octanol–water partition coefficient (Wildman–Crippen LogP) is 4.06. The zero-order valence-corrected chi connectivity index (χ0v) is 12.8. The van der Waals surface area contributed by atoms with E-state index in [2.05, 4.69) is 27.3 Å². The topological polar surface area (TPSA) is 49.3 Å². The molecule has 1 aromatic heterocycles. The standard InChI is InChI=1S/C14H14BrNO2S/c1-9-2-3-10(6-13(9)15)16-8-12-5-4-11(19-12)7-14(17)18/h2-6,16H,7-8H2,1H3,(H,17,18). The Bertz CT molecular complexity index is 595. The summed E-state index contributed by atoms with van der Waals surface area (Å²) >= 11 is 5.03. The van der Waals surface area contributed by atoms with Crippen molar-refractivity contribution in [2.24, 2.45) is 0 Å². The molecule has 0 atom stereocenters. The van der Waals surface area contributed by atoms with Gasteiger partial charge >= 0.3 is 5.97 Å². The molecule has 0 spiro atoms. The van der Waals surface area contributed by atoms with Crippen LogP contribution in [0.2, 0.25) is 0 Å². The molecule has 2 aromatic rings. The zero-order valence-electron chi connectivity index (χ0n) is 10.4. The van der Waals surface area contributed by atoms with Gasteiger partial charge < -0.3 is 10.4 Å². The van der Waals surface area contributed by atoms with Crippen molar-refractivity contribution < 1.29 is 9.90 Å². The van der Waals surface area contributed by atoms with Crippen molar-refractivity contribution in [2.45, 2.75) is 19.9 Å². The third-order valence-corrected chi connectivity index (χ3v) is 4.62. The van der Waals surface area contributed by atoms with Gasteiger partial charge in [-0.05, 0) is 36.8 Å². The molecule has 5 heteroatoms. The second kappa shape index (κ2) is 6.21. The molecule has 0 radical (unpaired) electrons. The van der Waals surface area contributed by atoms with Crippen LogP contribution in [0, 0.1) is 6.92 Å². The molecule has 0 unspecified atom stereocenters. The number of carbonyl (C=O) groups is 1. The van der Waals surface area contributed by atoms with Gasteiger partial charge in [0.2, 0.25) is 0 Å². The third-order valence-electron chi connectivity index (χ3n) is 2.68. The van der Waals surface area contributed by atoms with Crippen molar-refractivity contribution in [3.8, 4) is 0 Å². The molecule has 19 heavy (non-hydrogen) atoms. The highest BCUT2D eigenvalue weighted by atomic mass is 79.9. The number of benzene rings is 1. The molecule has 0 saturated heterocycles. The van der Waals surface area contributed by atoms with Crippen molar-refractivity contribution in [2.75, 3.05) is 5.32 Å². The molecule has 3 nitrogen and oxygen atoms in total. The van der Waals surface area contributed by atoms with Crippen LogP contribution < -0.4 is 5.32 Å². The van der Waals surface area contributed by atoms with E-state index >= 15 is 0 Å². The first-order valence-corrected chi connectivity index (χ1v) is 7.45. The SMILES string of the molecule is Cc1ccc(NCc2ccc(CC(=O)O)s2)cc1Br. The Labute approximate surface area is 124 Å². The Hall–Kier alpha value is -1.33. The van der Waals surface area contributed by atoms with Crippen LogP contribution in [0.1, 0.15) is 15.3 Å². The normalized spacial score (nSPS) is 10.4. The summed E-state index contributed by atoms with van der Waals surface area (Å²) in [6, 6.07) is 9.98. The summed E-state index contributed by atoms with van der Waals surface area (Å²) in [6.07, 6.45) is 0.0980. The summed E-state index contributed by atoms with van der Waals surface area (Å²) < 4.78 is 1.08. The minimum Gasteiger partial charge on any atom is -0.481 e. The maximum atomic E-state index is 10.6. The Morgan fingerprint density at radius 2 is 2.05 bits per heavy atom. The molecule has 0 aliphatic carbocycles. The maximum absolute atomic E-state index is 10.6. The Balaban J connectivity index is 1.96. The van der Waals surface area contributed by atoms with Gasteiger partial charge in [-0.3, -0.25) is 4.79 Å². The fourth-order valence-corrected chi connectivity index (χ4v) is 2.98. The number of hydrogen-bond acceptors (Lipinski definition) is 3. The van der Waals surface area contributed by atoms with E-state index in [0.29, 0.717) is 6.54 Å². The molecule has 0 aliphatic rings. The van der Waals surface area contributed by atoms with E-state index in [0.717, 1.165) is 19.9 Å². The largest absolute Gasteiger partial charge is 0.481 e. The van der Waals surface area contributed by atoms with Crippen molar-refractivity contribution in [1.82, 2.24) is 0 Å². The van der Waals surface area contributed by atoms with E-state index in [-0.39, 0.29) is 6.42 Å². The number of carboxylic acid groups (broad SMARTS) is 1. The first-order valence-electron chi connectivity index (χ1n) is 5.84. The summed E-state index contributed by atoms with van der Waals surface area (Å²) in [6.45, 7) is 2.76. The lowest BCUT2D eigenvalue weighted by Crippen LogP contribution is -1.98.